The van der Waals surface area contributed by atoms with Gasteiger partial charge < -0.3 is 10.0 Å². The van der Waals surface area contributed by atoms with Crippen LogP contribution < -0.4 is 0 Å². The molecule has 3 nitrogen and oxygen atoms in total. The number of aliphatic carboxylic acids is 1. The highest BCUT2D eigenvalue weighted by molar-refractivity contribution is 5.91. The van der Waals surface area contributed by atoms with Crippen molar-refractivity contribution in [2.24, 2.45) is 0 Å². The van der Waals surface area contributed by atoms with E-state index in [-0.39, 0.29) is 17.7 Å². The van der Waals surface area contributed by atoms with Crippen molar-refractivity contribution < 1.29 is 23.1 Å². The minimum Gasteiger partial charge on any atom is -0.478 e. The van der Waals surface area contributed by atoms with E-state index in [9.17, 15) is 23.1 Å². The fourth-order valence-electron chi connectivity index (χ4n) is 2.52. The first-order valence-corrected chi connectivity index (χ1v) is 6.71. The van der Waals surface area contributed by atoms with E-state index in [4.69, 9.17) is 0 Å². The number of rotatable bonds is 3. The summed E-state index contributed by atoms with van der Waals surface area (Å²) in [6, 6.07) is 5.36. The van der Waals surface area contributed by atoms with Gasteiger partial charge in [-0.05, 0) is 31.6 Å². The number of hydrogen-bond donors (Lipinski definition) is 1. The zero-order valence-electron chi connectivity index (χ0n) is 12.2. The molecular weight excluding hydrogens is 295 g/mol. The normalized spacial score (nSPS) is 15.9. The molecule has 6 heteroatoms. The van der Waals surface area contributed by atoms with Gasteiger partial charge in [0.1, 0.15) is 0 Å². The molecule has 1 aromatic rings. The molecule has 0 fully saturated rings. The first-order chi connectivity index (χ1) is 10.2. The number of nitrogens with zero attached hydrogens (tertiary/aromatic N) is 1. The van der Waals surface area contributed by atoms with Crippen molar-refractivity contribution in [3.05, 3.63) is 58.3 Å². The summed E-state index contributed by atoms with van der Waals surface area (Å²) in [5, 5.41) is 9.19. The van der Waals surface area contributed by atoms with Crippen LogP contribution in [0.3, 0.4) is 0 Å². The first-order valence-electron chi connectivity index (χ1n) is 6.71. The van der Waals surface area contributed by atoms with Gasteiger partial charge in [-0.25, -0.2) is 4.79 Å². The summed E-state index contributed by atoms with van der Waals surface area (Å²) >= 11 is 0. The van der Waals surface area contributed by atoms with Crippen LogP contribution in [0.2, 0.25) is 0 Å². The molecule has 0 unspecified atom stereocenters. The number of allylic oxidation sites excluding steroid dienone is 1. The Kier molecular flexibility index (Phi) is 4.30. The Morgan fingerprint density at radius 1 is 1.27 bits per heavy atom. The summed E-state index contributed by atoms with van der Waals surface area (Å²) in [7, 11) is 0. The van der Waals surface area contributed by atoms with Gasteiger partial charge in [0.05, 0.1) is 11.1 Å². The summed E-state index contributed by atoms with van der Waals surface area (Å²) < 4.78 is 39.1. The molecule has 0 bridgehead atoms. The molecule has 118 valence electrons. The van der Waals surface area contributed by atoms with Crippen LogP contribution in [0, 0.1) is 0 Å². The third-order valence-electron chi connectivity index (χ3n) is 3.61. The molecule has 1 aliphatic rings. The maximum absolute atomic E-state index is 13.0. The number of benzene rings is 1. The van der Waals surface area contributed by atoms with Crippen LogP contribution in [0.25, 0.3) is 0 Å². The van der Waals surface area contributed by atoms with Crippen molar-refractivity contribution in [1.82, 2.24) is 4.90 Å². The Morgan fingerprint density at radius 2 is 1.91 bits per heavy atom. The quantitative estimate of drug-likeness (QED) is 0.922. The molecule has 1 aromatic carbocycles. The number of carbonyl (C=O) groups is 1. The minimum atomic E-state index is -4.43. The Bertz CT molecular complexity index is 660. The Labute approximate surface area is 126 Å². The van der Waals surface area contributed by atoms with Crippen molar-refractivity contribution >= 4 is 5.97 Å². The Morgan fingerprint density at radius 3 is 2.50 bits per heavy atom. The third-order valence-corrected chi connectivity index (χ3v) is 3.61. The van der Waals surface area contributed by atoms with Crippen molar-refractivity contribution in [1.29, 1.82) is 0 Å². The van der Waals surface area contributed by atoms with E-state index in [0.29, 0.717) is 12.2 Å². The second-order valence-corrected chi connectivity index (χ2v) is 5.31. The van der Waals surface area contributed by atoms with Gasteiger partial charge >= 0.3 is 12.1 Å². The highest BCUT2D eigenvalue weighted by Gasteiger charge is 2.33. The van der Waals surface area contributed by atoms with Gasteiger partial charge in [0.15, 0.2) is 0 Å². The molecule has 2 rings (SSSR count). The zero-order valence-corrected chi connectivity index (χ0v) is 12.2. The Balaban J connectivity index is 2.37. The highest BCUT2D eigenvalue weighted by Crippen LogP contribution is 2.33. The van der Waals surface area contributed by atoms with Gasteiger partial charge in [0.2, 0.25) is 0 Å². The second-order valence-electron chi connectivity index (χ2n) is 5.31. The molecule has 0 radical (unpaired) electrons. The predicted molar refractivity (Wildman–Crippen MR) is 75.9 cm³/mol. The molecule has 0 saturated heterocycles. The smallest absolute Gasteiger partial charge is 0.416 e. The number of alkyl halides is 3. The molecule has 22 heavy (non-hydrogen) atoms. The van der Waals surface area contributed by atoms with Gasteiger partial charge in [-0.1, -0.05) is 23.8 Å². The number of halogens is 3. The maximum atomic E-state index is 13.0. The first kappa shape index (κ1) is 16.1. The van der Waals surface area contributed by atoms with Crippen molar-refractivity contribution in [3.8, 4) is 0 Å². The summed E-state index contributed by atoms with van der Waals surface area (Å²) in [4.78, 5) is 12.9. The van der Waals surface area contributed by atoms with E-state index in [1.165, 1.54) is 12.1 Å². The lowest BCUT2D eigenvalue weighted by atomic mass is 10.0. The average Bonchev–Trinajstić information content (AvgIpc) is 2.41. The largest absolute Gasteiger partial charge is 0.478 e. The molecule has 1 heterocycles. The lowest BCUT2D eigenvalue weighted by Crippen LogP contribution is -2.29. The fourth-order valence-corrected chi connectivity index (χ4v) is 2.52. The van der Waals surface area contributed by atoms with Crippen LogP contribution in [-0.2, 0) is 17.5 Å². The molecule has 0 aromatic heterocycles. The van der Waals surface area contributed by atoms with Crippen molar-refractivity contribution in [3.63, 3.8) is 0 Å². The van der Waals surface area contributed by atoms with Gasteiger partial charge in [-0.15, -0.1) is 0 Å². The van der Waals surface area contributed by atoms with E-state index < -0.39 is 17.7 Å². The average molecular weight is 311 g/mol. The lowest BCUT2D eigenvalue weighted by molar-refractivity contribution is -0.138. The molecule has 0 spiro atoms. The standard InChI is InChI=1S/C16H16F3NO2/c1-10-7-13(15(21)22)11(2)20(8-10)9-12-5-3-4-6-14(12)16(17,18)19/h3-7H,8-9H2,1-2H3,(H,21,22). The number of carboxylic acid groups (broad SMARTS) is 1. The van der Waals surface area contributed by atoms with Crippen LogP contribution in [0.5, 0.6) is 0 Å². The number of hydrogen-bond acceptors (Lipinski definition) is 2. The van der Waals surface area contributed by atoms with Gasteiger partial charge in [-0.3, -0.25) is 0 Å². The SMILES string of the molecule is CC1=CC(C(=O)O)=C(C)N(Cc2ccccc2C(F)(F)F)C1. The van der Waals surface area contributed by atoms with Crippen molar-refractivity contribution in [2.75, 3.05) is 6.54 Å². The molecule has 0 aliphatic carbocycles. The fraction of sp³-hybridized carbons (Fsp3) is 0.312. The monoisotopic (exact) mass is 311 g/mol. The van der Waals surface area contributed by atoms with Crippen LogP contribution >= 0.6 is 0 Å². The summed E-state index contributed by atoms with van der Waals surface area (Å²) in [5.41, 5.74) is 0.830. The molecule has 0 atom stereocenters. The maximum Gasteiger partial charge on any atom is 0.416 e. The highest BCUT2D eigenvalue weighted by atomic mass is 19.4. The second kappa shape index (κ2) is 5.87. The van der Waals surface area contributed by atoms with Crippen LogP contribution in [0.1, 0.15) is 25.0 Å². The topological polar surface area (TPSA) is 40.5 Å². The van der Waals surface area contributed by atoms with Crippen LogP contribution in [0.4, 0.5) is 13.2 Å². The summed E-state index contributed by atoms with van der Waals surface area (Å²) in [5.74, 6) is -1.08. The molecule has 0 saturated carbocycles. The van der Waals surface area contributed by atoms with Gasteiger partial charge in [0, 0.05) is 18.8 Å². The molecule has 1 N–H and O–H groups in total. The molecular formula is C16H16F3NO2. The van der Waals surface area contributed by atoms with Crippen molar-refractivity contribution in [2.45, 2.75) is 26.6 Å². The van der Waals surface area contributed by atoms with E-state index in [1.54, 1.807) is 30.9 Å². The summed E-state index contributed by atoms with van der Waals surface area (Å²) in [6.07, 6.45) is -2.87. The predicted octanol–water partition coefficient (Wildman–Crippen LogP) is 3.83. The summed E-state index contributed by atoms with van der Waals surface area (Å²) in [6.45, 7) is 3.80. The van der Waals surface area contributed by atoms with Crippen LogP contribution in [-0.4, -0.2) is 22.5 Å². The Hall–Kier alpha value is -2.24. The van der Waals surface area contributed by atoms with Gasteiger partial charge in [0.25, 0.3) is 0 Å². The van der Waals surface area contributed by atoms with E-state index in [1.807, 2.05) is 0 Å². The molecule has 0 amide bonds. The third kappa shape index (κ3) is 3.32. The van der Waals surface area contributed by atoms with Gasteiger partial charge in [-0.2, -0.15) is 13.2 Å². The van der Waals surface area contributed by atoms with Crippen LogP contribution in [0.15, 0.2) is 47.2 Å². The minimum absolute atomic E-state index is 0.0173. The zero-order chi connectivity index (χ0) is 16.5. The van der Waals surface area contributed by atoms with E-state index in [2.05, 4.69) is 0 Å². The van der Waals surface area contributed by atoms with E-state index >= 15 is 0 Å². The number of carboxylic acids is 1. The van der Waals surface area contributed by atoms with E-state index in [0.717, 1.165) is 11.6 Å². The lowest BCUT2D eigenvalue weighted by Gasteiger charge is -2.31. The molecule has 1 aliphatic heterocycles.